The van der Waals surface area contributed by atoms with E-state index >= 15 is 0 Å². The molecule has 0 aliphatic carbocycles. The monoisotopic (exact) mass is 268 g/mol. The first-order chi connectivity index (χ1) is 8.66. The van der Waals surface area contributed by atoms with Gasteiger partial charge in [-0.1, -0.05) is 11.6 Å². The summed E-state index contributed by atoms with van der Waals surface area (Å²) in [6, 6.07) is 5.02. The molecule has 1 amide bonds. The summed E-state index contributed by atoms with van der Waals surface area (Å²) in [6.45, 7) is 2.48. The Morgan fingerprint density at radius 3 is 2.83 bits per heavy atom. The predicted molar refractivity (Wildman–Crippen MR) is 72.0 cm³/mol. The Balaban J connectivity index is 1.99. The molecule has 0 unspecified atom stereocenters. The average molecular weight is 269 g/mol. The van der Waals surface area contributed by atoms with Crippen LogP contribution in [0.3, 0.4) is 0 Å². The van der Waals surface area contributed by atoms with Crippen molar-refractivity contribution in [3.05, 3.63) is 28.8 Å². The number of primary amides is 1. The highest BCUT2D eigenvalue weighted by molar-refractivity contribution is 6.33. The van der Waals surface area contributed by atoms with Crippen molar-refractivity contribution in [1.82, 2.24) is 0 Å². The Labute approximate surface area is 111 Å². The van der Waals surface area contributed by atoms with E-state index in [1.165, 1.54) is 0 Å². The van der Waals surface area contributed by atoms with Crippen molar-refractivity contribution in [2.24, 2.45) is 11.7 Å². The first-order valence-electron chi connectivity index (χ1n) is 6.08. The van der Waals surface area contributed by atoms with E-state index in [2.05, 4.69) is 5.32 Å². The highest BCUT2D eigenvalue weighted by atomic mass is 35.5. The standard InChI is InChI=1S/C13H17ClN2O2/c14-11-2-1-10(13(15)17)7-12(11)16-8-9-3-5-18-6-4-9/h1-2,7,9,16H,3-6,8H2,(H2,15,17). The molecule has 0 aromatic heterocycles. The fourth-order valence-corrected chi connectivity index (χ4v) is 2.20. The van der Waals surface area contributed by atoms with Crippen LogP contribution in [0.4, 0.5) is 5.69 Å². The van der Waals surface area contributed by atoms with Gasteiger partial charge >= 0.3 is 0 Å². The minimum Gasteiger partial charge on any atom is -0.384 e. The maximum Gasteiger partial charge on any atom is 0.248 e. The van der Waals surface area contributed by atoms with Gasteiger partial charge in [-0.25, -0.2) is 0 Å². The molecule has 18 heavy (non-hydrogen) atoms. The third kappa shape index (κ3) is 3.37. The normalized spacial score (nSPS) is 16.5. The molecule has 0 atom stereocenters. The number of nitrogens with two attached hydrogens (primary N) is 1. The SMILES string of the molecule is NC(=O)c1ccc(Cl)c(NCC2CCOCC2)c1. The van der Waals surface area contributed by atoms with Gasteiger partial charge in [0.15, 0.2) is 0 Å². The van der Waals surface area contributed by atoms with E-state index in [1.807, 2.05) is 0 Å². The number of benzene rings is 1. The molecule has 0 radical (unpaired) electrons. The van der Waals surface area contributed by atoms with Crippen LogP contribution in [0.25, 0.3) is 0 Å². The zero-order chi connectivity index (χ0) is 13.0. The third-order valence-electron chi connectivity index (χ3n) is 3.17. The smallest absolute Gasteiger partial charge is 0.248 e. The fraction of sp³-hybridized carbons (Fsp3) is 0.462. The Morgan fingerprint density at radius 2 is 2.17 bits per heavy atom. The lowest BCUT2D eigenvalue weighted by molar-refractivity contribution is 0.0699. The molecule has 1 aliphatic heterocycles. The summed E-state index contributed by atoms with van der Waals surface area (Å²) in [4.78, 5) is 11.1. The molecule has 2 rings (SSSR count). The predicted octanol–water partition coefficient (Wildman–Crippen LogP) is 2.28. The van der Waals surface area contributed by atoms with Crippen molar-refractivity contribution >= 4 is 23.2 Å². The van der Waals surface area contributed by atoms with Crippen LogP contribution >= 0.6 is 11.6 Å². The lowest BCUT2D eigenvalue weighted by Crippen LogP contribution is -2.22. The third-order valence-corrected chi connectivity index (χ3v) is 3.50. The van der Waals surface area contributed by atoms with E-state index in [-0.39, 0.29) is 0 Å². The van der Waals surface area contributed by atoms with E-state index < -0.39 is 5.91 Å². The molecular weight excluding hydrogens is 252 g/mol. The second-order valence-electron chi connectivity index (χ2n) is 4.50. The van der Waals surface area contributed by atoms with Crippen LogP contribution in [0.15, 0.2) is 18.2 Å². The topological polar surface area (TPSA) is 64.4 Å². The largest absolute Gasteiger partial charge is 0.384 e. The second kappa shape index (κ2) is 6.07. The van der Waals surface area contributed by atoms with Crippen LogP contribution < -0.4 is 11.1 Å². The van der Waals surface area contributed by atoms with E-state index in [0.29, 0.717) is 16.5 Å². The van der Waals surface area contributed by atoms with Crippen molar-refractivity contribution < 1.29 is 9.53 Å². The van der Waals surface area contributed by atoms with Crippen LogP contribution in [-0.2, 0) is 4.74 Å². The number of halogens is 1. The molecule has 1 saturated heterocycles. The molecule has 0 saturated carbocycles. The van der Waals surface area contributed by atoms with Crippen LogP contribution in [-0.4, -0.2) is 25.7 Å². The highest BCUT2D eigenvalue weighted by Gasteiger charge is 2.14. The lowest BCUT2D eigenvalue weighted by atomic mass is 10.0. The van der Waals surface area contributed by atoms with E-state index in [0.717, 1.165) is 38.3 Å². The maximum atomic E-state index is 11.1. The van der Waals surface area contributed by atoms with Gasteiger partial charge in [-0.15, -0.1) is 0 Å². The van der Waals surface area contributed by atoms with E-state index in [1.54, 1.807) is 18.2 Å². The number of nitrogens with one attached hydrogen (secondary N) is 1. The number of hydrogen-bond acceptors (Lipinski definition) is 3. The van der Waals surface area contributed by atoms with Crippen molar-refractivity contribution in [2.45, 2.75) is 12.8 Å². The Morgan fingerprint density at radius 1 is 1.44 bits per heavy atom. The molecular formula is C13H17ClN2O2. The summed E-state index contributed by atoms with van der Waals surface area (Å²) in [5, 5.41) is 3.89. The molecule has 5 heteroatoms. The summed E-state index contributed by atoms with van der Waals surface area (Å²) >= 11 is 6.08. The molecule has 1 aromatic rings. The number of rotatable bonds is 4. The van der Waals surface area contributed by atoms with Crippen molar-refractivity contribution in [3.63, 3.8) is 0 Å². The first-order valence-corrected chi connectivity index (χ1v) is 6.45. The molecule has 1 aromatic carbocycles. The molecule has 1 fully saturated rings. The number of ether oxygens (including phenoxy) is 1. The summed E-state index contributed by atoms with van der Waals surface area (Å²) in [7, 11) is 0. The number of hydrogen-bond donors (Lipinski definition) is 2. The van der Waals surface area contributed by atoms with E-state index in [4.69, 9.17) is 22.1 Å². The summed E-state index contributed by atoms with van der Waals surface area (Å²) < 4.78 is 5.31. The van der Waals surface area contributed by atoms with Crippen LogP contribution in [0, 0.1) is 5.92 Å². The maximum absolute atomic E-state index is 11.1. The quantitative estimate of drug-likeness (QED) is 0.881. The summed E-state index contributed by atoms with van der Waals surface area (Å²) in [5.74, 6) is 0.146. The molecule has 1 heterocycles. The van der Waals surface area contributed by atoms with Gasteiger partial charge in [-0.2, -0.15) is 0 Å². The number of carbonyl (C=O) groups is 1. The minimum atomic E-state index is -0.444. The molecule has 0 spiro atoms. The van der Waals surface area contributed by atoms with Gasteiger partial charge in [0.05, 0.1) is 10.7 Å². The van der Waals surface area contributed by atoms with Crippen LogP contribution in [0.5, 0.6) is 0 Å². The van der Waals surface area contributed by atoms with Crippen molar-refractivity contribution in [1.29, 1.82) is 0 Å². The number of carbonyl (C=O) groups excluding carboxylic acids is 1. The molecule has 0 bridgehead atoms. The molecule has 4 nitrogen and oxygen atoms in total. The molecule has 3 N–H and O–H groups in total. The van der Waals surface area contributed by atoms with E-state index in [9.17, 15) is 4.79 Å². The fourth-order valence-electron chi connectivity index (χ4n) is 2.02. The molecule has 98 valence electrons. The van der Waals surface area contributed by atoms with Gasteiger partial charge in [-0.05, 0) is 37.0 Å². The Kier molecular flexibility index (Phi) is 4.44. The van der Waals surface area contributed by atoms with Gasteiger partial charge in [0, 0.05) is 25.3 Å². The zero-order valence-corrected chi connectivity index (χ0v) is 10.9. The minimum absolute atomic E-state index is 0.444. The summed E-state index contributed by atoms with van der Waals surface area (Å²) in [6.07, 6.45) is 2.11. The first kappa shape index (κ1) is 13.2. The highest BCUT2D eigenvalue weighted by Crippen LogP contribution is 2.24. The van der Waals surface area contributed by atoms with Gasteiger partial charge in [-0.3, -0.25) is 4.79 Å². The number of anilines is 1. The second-order valence-corrected chi connectivity index (χ2v) is 4.90. The van der Waals surface area contributed by atoms with Crippen molar-refractivity contribution in [2.75, 3.05) is 25.1 Å². The van der Waals surface area contributed by atoms with Gasteiger partial charge in [0.1, 0.15) is 0 Å². The van der Waals surface area contributed by atoms with Crippen molar-refractivity contribution in [3.8, 4) is 0 Å². The van der Waals surface area contributed by atoms with Gasteiger partial charge < -0.3 is 15.8 Å². The zero-order valence-electron chi connectivity index (χ0n) is 10.1. The van der Waals surface area contributed by atoms with Gasteiger partial charge in [0.25, 0.3) is 0 Å². The molecule has 1 aliphatic rings. The Hall–Kier alpha value is -1.26. The Bertz CT molecular complexity index is 431. The van der Waals surface area contributed by atoms with Crippen LogP contribution in [0.1, 0.15) is 23.2 Å². The van der Waals surface area contributed by atoms with Gasteiger partial charge in [0.2, 0.25) is 5.91 Å². The lowest BCUT2D eigenvalue weighted by Gasteiger charge is -2.23. The number of amides is 1. The van der Waals surface area contributed by atoms with Crippen LogP contribution in [0.2, 0.25) is 5.02 Å². The summed E-state index contributed by atoms with van der Waals surface area (Å²) in [5.41, 5.74) is 6.48. The average Bonchev–Trinajstić information content (AvgIpc) is 2.38.